The molecule has 0 atom stereocenters. The third-order valence-electron chi connectivity index (χ3n) is 7.05. The number of para-hydroxylation sites is 1. The number of benzene rings is 3. The third-order valence-corrected chi connectivity index (χ3v) is 7.65. The fraction of sp³-hybridized carbons (Fsp3) is 0.333. The molecule has 2 N–H and O–H groups in total. The summed E-state index contributed by atoms with van der Waals surface area (Å²) in [6.45, 7) is 3.02. The molecule has 5 rings (SSSR count). The molecule has 11 heteroatoms. The monoisotopic (exact) mass is 600 g/mol. The number of fused-ring (bicyclic) bond motifs is 1. The van der Waals surface area contributed by atoms with Crippen molar-refractivity contribution in [3.05, 3.63) is 75.3 Å². The molecular formula is C30H30Cl2N2O7. The second-order valence-electron chi connectivity index (χ2n) is 9.75. The summed E-state index contributed by atoms with van der Waals surface area (Å²) < 4.78 is 17.2. The van der Waals surface area contributed by atoms with Gasteiger partial charge in [-0.3, -0.25) is 4.79 Å². The topological polar surface area (TPSA) is 109 Å². The van der Waals surface area contributed by atoms with Crippen molar-refractivity contribution in [3.8, 4) is 22.6 Å². The normalized spacial score (nSPS) is 14.8. The molecule has 0 bridgehead atoms. The molecule has 216 valence electrons. The van der Waals surface area contributed by atoms with E-state index in [1.807, 2.05) is 29.2 Å². The van der Waals surface area contributed by atoms with Gasteiger partial charge in [0.05, 0.1) is 53.2 Å². The highest BCUT2D eigenvalue weighted by atomic mass is 35.5. The molecule has 1 amide bonds. The number of carbonyl (C=O) groups excluding carboxylic acids is 1. The number of anilines is 1. The smallest absolute Gasteiger partial charge is 0.337 e. The maximum atomic E-state index is 13.5. The molecule has 2 aliphatic rings. The van der Waals surface area contributed by atoms with Gasteiger partial charge in [0.1, 0.15) is 11.5 Å². The number of nitrogens with zero attached hydrogens (tertiary/aromatic N) is 2. The number of carboxylic acids is 1. The van der Waals surface area contributed by atoms with Gasteiger partial charge in [0.15, 0.2) is 6.73 Å². The first-order valence-corrected chi connectivity index (χ1v) is 14.1. The maximum Gasteiger partial charge on any atom is 0.337 e. The first kappa shape index (κ1) is 29.0. The van der Waals surface area contributed by atoms with Crippen molar-refractivity contribution in [1.29, 1.82) is 0 Å². The van der Waals surface area contributed by atoms with E-state index in [1.54, 1.807) is 24.3 Å². The Kier molecular flexibility index (Phi) is 9.19. The zero-order valence-corrected chi connectivity index (χ0v) is 23.8. The van der Waals surface area contributed by atoms with Crippen LogP contribution in [-0.4, -0.2) is 73.2 Å². The lowest BCUT2D eigenvalue weighted by atomic mass is 9.97. The van der Waals surface area contributed by atoms with Crippen molar-refractivity contribution in [2.24, 2.45) is 0 Å². The van der Waals surface area contributed by atoms with Crippen LogP contribution < -0.4 is 14.4 Å². The minimum absolute atomic E-state index is 0.0154. The van der Waals surface area contributed by atoms with Crippen LogP contribution in [0.15, 0.2) is 48.5 Å². The van der Waals surface area contributed by atoms with Gasteiger partial charge in [-0.05, 0) is 42.7 Å². The van der Waals surface area contributed by atoms with Crippen molar-refractivity contribution in [2.45, 2.75) is 19.4 Å². The molecule has 2 heterocycles. The minimum Gasteiger partial charge on any atom is -0.493 e. The fourth-order valence-electron chi connectivity index (χ4n) is 4.98. The van der Waals surface area contributed by atoms with E-state index in [-0.39, 0.29) is 47.0 Å². The molecule has 1 saturated heterocycles. The van der Waals surface area contributed by atoms with Gasteiger partial charge in [0.2, 0.25) is 0 Å². The Morgan fingerprint density at radius 3 is 2.46 bits per heavy atom. The summed E-state index contributed by atoms with van der Waals surface area (Å²) in [5, 5.41) is 19.1. The molecule has 3 aromatic rings. The minimum atomic E-state index is -0.989. The Balaban J connectivity index is 1.38. The van der Waals surface area contributed by atoms with Crippen LogP contribution in [0.25, 0.3) is 11.1 Å². The van der Waals surface area contributed by atoms with Gasteiger partial charge in [-0.15, -0.1) is 0 Å². The molecule has 9 nitrogen and oxygen atoms in total. The van der Waals surface area contributed by atoms with Gasteiger partial charge >= 0.3 is 5.97 Å². The highest BCUT2D eigenvalue weighted by Gasteiger charge is 2.29. The third kappa shape index (κ3) is 6.38. The number of morpholine rings is 1. The van der Waals surface area contributed by atoms with Crippen molar-refractivity contribution in [1.82, 2.24) is 4.90 Å². The van der Waals surface area contributed by atoms with E-state index in [0.717, 1.165) is 16.7 Å². The largest absolute Gasteiger partial charge is 0.493 e. The summed E-state index contributed by atoms with van der Waals surface area (Å²) in [5.41, 5.74) is 3.45. The van der Waals surface area contributed by atoms with E-state index in [9.17, 15) is 14.7 Å². The molecule has 0 radical (unpaired) electrons. The summed E-state index contributed by atoms with van der Waals surface area (Å²) >= 11 is 12.9. The molecule has 0 unspecified atom stereocenters. The Labute approximate surface area is 247 Å². The van der Waals surface area contributed by atoms with E-state index in [4.69, 9.17) is 42.5 Å². The van der Waals surface area contributed by atoms with Gasteiger partial charge < -0.3 is 34.2 Å². The number of carbonyl (C=O) groups is 2. The second-order valence-corrected chi connectivity index (χ2v) is 10.6. The number of aliphatic hydroxyl groups is 1. The number of unbranched alkanes of at least 4 members (excludes halogenated alkanes) is 1. The van der Waals surface area contributed by atoms with Crippen molar-refractivity contribution < 1.29 is 34.0 Å². The molecule has 0 spiro atoms. The highest BCUT2D eigenvalue weighted by Crippen LogP contribution is 2.40. The van der Waals surface area contributed by atoms with Crippen molar-refractivity contribution in [3.63, 3.8) is 0 Å². The van der Waals surface area contributed by atoms with Crippen LogP contribution in [0.3, 0.4) is 0 Å². The molecule has 1 fully saturated rings. The van der Waals surface area contributed by atoms with Crippen LogP contribution in [0.5, 0.6) is 11.5 Å². The average Bonchev–Trinajstić information content (AvgIpc) is 2.98. The van der Waals surface area contributed by atoms with Gasteiger partial charge in [-0.2, -0.15) is 0 Å². The Morgan fingerprint density at radius 2 is 1.76 bits per heavy atom. The number of rotatable bonds is 9. The number of hydrogen-bond donors (Lipinski definition) is 2. The molecule has 41 heavy (non-hydrogen) atoms. The van der Waals surface area contributed by atoms with Crippen molar-refractivity contribution >= 4 is 40.8 Å². The summed E-state index contributed by atoms with van der Waals surface area (Å²) in [6.07, 6.45) is 1.30. The summed E-state index contributed by atoms with van der Waals surface area (Å²) in [5.74, 6) is -0.276. The zero-order valence-electron chi connectivity index (χ0n) is 22.3. The quantitative estimate of drug-likeness (QED) is 0.317. The molecular weight excluding hydrogens is 571 g/mol. The Bertz CT molecular complexity index is 1420. The lowest BCUT2D eigenvalue weighted by molar-refractivity contribution is 0.0516. The zero-order chi connectivity index (χ0) is 28.9. The van der Waals surface area contributed by atoms with Crippen LogP contribution in [0, 0.1) is 0 Å². The van der Waals surface area contributed by atoms with E-state index in [0.29, 0.717) is 62.9 Å². The first-order valence-electron chi connectivity index (χ1n) is 13.3. The fourth-order valence-corrected chi connectivity index (χ4v) is 5.61. The van der Waals surface area contributed by atoms with Gasteiger partial charge in [-0.1, -0.05) is 47.5 Å². The number of halogens is 2. The molecule has 2 aliphatic heterocycles. The molecule has 0 saturated carbocycles. The van der Waals surface area contributed by atoms with E-state index in [2.05, 4.69) is 0 Å². The number of ether oxygens (including phenoxy) is 3. The maximum absolute atomic E-state index is 13.5. The SMILES string of the molecule is O=C(O)c1ccc(-c2cccc3c2OCN(C(=O)c2c(Cl)cc(OCCCCO)cc2Cl)C3)cc1N1CCOCC1. The van der Waals surface area contributed by atoms with Crippen LogP contribution in [0.1, 0.15) is 39.1 Å². The van der Waals surface area contributed by atoms with Crippen LogP contribution in [-0.2, 0) is 11.3 Å². The molecule has 3 aromatic carbocycles. The number of hydrogen-bond acceptors (Lipinski definition) is 7. The lowest BCUT2D eigenvalue weighted by Crippen LogP contribution is -2.37. The number of aliphatic hydroxyl groups excluding tert-OH is 1. The van der Waals surface area contributed by atoms with Gasteiger partial charge in [0, 0.05) is 30.8 Å². The number of carboxylic acid groups (broad SMARTS) is 1. The number of amides is 1. The summed E-state index contributed by atoms with van der Waals surface area (Å²) in [6, 6.07) is 14.1. The predicted octanol–water partition coefficient (Wildman–Crippen LogP) is 5.34. The van der Waals surface area contributed by atoms with Crippen LogP contribution in [0.4, 0.5) is 5.69 Å². The summed E-state index contributed by atoms with van der Waals surface area (Å²) in [7, 11) is 0. The van der Waals surface area contributed by atoms with Gasteiger partial charge in [-0.25, -0.2) is 4.79 Å². The number of aromatic carboxylic acids is 1. The van der Waals surface area contributed by atoms with Crippen LogP contribution in [0.2, 0.25) is 10.0 Å². The van der Waals surface area contributed by atoms with E-state index in [1.165, 1.54) is 4.90 Å². The second kappa shape index (κ2) is 13.0. The Morgan fingerprint density at radius 1 is 1.00 bits per heavy atom. The van der Waals surface area contributed by atoms with E-state index >= 15 is 0 Å². The Hall–Kier alpha value is -3.50. The van der Waals surface area contributed by atoms with Crippen molar-refractivity contribution in [2.75, 3.05) is 51.1 Å². The standard InChI is InChI=1S/C30H30Cl2N2O7/c31-24-15-21(40-11-2-1-10-35)16-25(32)27(24)29(36)34-17-20-4-3-5-22(28(20)41-18-34)19-6-7-23(30(37)38)26(14-19)33-8-12-39-13-9-33/h3-7,14-16,35H,1-2,8-13,17-18H2,(H,37,38). The van der Waals surface area contributed by atoms with Gasteiger partial charge in [0.25, 0.3) is 5.91 Å². The average molecular weight is 601 g/mol. The highest BCUT2D eigenvalue weighted by molar-refractivity contribution is 6.39. The first-order chi connectivity index (χ1) is 19.9. The molecule has 0 aliphatic carbocycles. The van der Waals surface area contributed by atoms with E-state index < -0.39 is 5.97 Å². The van der Waals surface area contributed by atoms with Crippen LogP contribution >= 0.6 is 23.2 Å². The predicted molar refractivity (Wildman–Crippen MR) is 156 cm³/mol. The molecule has 0 aromatic heterocycles. The lowest BCUT2D eigenvalue weighted by Gasteiger charge is -2.32. The summed E-state index contributed by atoms with van der Waals surface area (Å²) in [4.78, 5) is 29.0.